The minimum absolute atomic E-state index is 0.0370. The van der Waals surface area contributed by atoms with E-state index in [4.69, 9.17) is 9.47 Å². The number of rotatable bonds is 7. The SMILES string of the molecule is COC(=O)c1ccccc1C(=O)OCC(=O)NC(C)c1ccccc1OC. The molecule has 1 atom stereocenters. The summed E-state index contributed by atoms with van der Waals surface area (Å²) < 4.78 is 14.9. The average molecular weight is 371 g/mol. The molecule has 0 aliphatic rings. The molecule has 2 rings (SSSR count). The number of amides is 1. The van der Waals surface area contributed by atoms with Gasteiger partial charge >= 0.3 is 11.9 Å². The lowest BCUT2D eigenvalue weighted by atomic mass is 10.1. The molecule has 0 saturated heterocycles. The molecule has 0 fully saturated rings. The van der Waals surface area contributed by atoms with E-state index in [0.29, 0.717) is 5.75 Å². The molecule has 142 valence electrons. The van der Waals surface area contributed by atoms with Crippen LogP contribution in [-0.2, 0) is 14.3 Å². The molecule has 0 radical (unpaired) electrons. The van der Waals surface area contributed by atoms with Crippen molar-refractivity contribution in [2.24, 2.45) is 0 Å². The van der Waals surface area contributed by atoms with Gasteiger partial charge in [0.15, 0.2) is 6.61 Å². The van der Waals surface area contributed by atoms with E-state index in [0.717, 1.165) is 5.56 Å². The number of hydrogen-bond acceptors (Lipinski definition) is 6. The summed E-state index contributed by atoms with van der Waals surface area (Å²) in [5, 5.41) is 2.74. The molecule has 0 spiro atoms. The minimum Gasteiger partial charge on any atom is -0.496 e. The Morgan fingerprint density at radius 3 is 2.15 bits per heavy atom. The zero-order valence-electron chi connectivity index (χ0n) is 15.4. The molecular formula is C20H21NO6. The average Bonchev–Trinajstić information content (AvgIpc) is 2.71. The zero-order chi connectivity index (χ0) is 19.8. The Labute approximate surface area is 157 Å². The van der Waals surface area contributed by atoms with Crippen molar-refractivity contribution in [2.45, 2.75) is 13.0 Å². The molecule has 7 nitrogen and oxygen atoms in total. The van der Waals surface area contributed by atoms with Crippen LogP contribution in [0.5, 0.6) is 5.75 Å². The highest BCUT2D eigenvalue weighted by Crippen LogP contribution is 2.24. The van der Waals surface area contributed by atoms with Crippen LogP contribution in [0.25, 0.3) is 0 Å². The number of hydrogen-bond donors (Lipinski definition) is 1. The second-order valence-corrected chi connectivity index (χ2v) is 5.64. The lowest BCUT2D eigenvalue weighted by molar-refractivity contribution is -0.124. The summed E-state index contributed by atoms with van der Waals surface area (Å²) >= 11 is 0. The first-order valence-corrected chi connectivity index (χ1v) is 8.24. The quantitative estimate of drug-likeness (QED) is 0.752. The fraction of sp³-hybridized carbons (Fsp3) is 0.250. The maximum Gasteiger partial charge on any atom is 0.339 e. The minimum atomic E-state index is -0.781. The lowest BCUT2D eigenvalue weighted by Gasteiger charge is -2.17. The summed E-state index contributed by atoms with van der Waals surface area (Å²) in [6, 6.07) is 13.0. The van der Waals surface area contributed by atoms with Crippen LogP contribution in [0, 0.1) is 0 Å². The largest absolute Gasteiger partial charge is 0.496 e. The van der Waals surface area contributed by atoms with Gasteiger partial charge in [0.2, 0.25) is 0 Å². The highest BCUT2D eigenvalue weighted by molar-refractivity contribution is 6.03. The summed E-state index contributed by atoms with van der Waals surface area (Å²) in [6.45, 7) is 1.32. The molecule has 0 heterocycles. The van der Waals surface area contributed by atoms with Crippen LogP contribution in [0.15, 0.2) is 48.5 Å². The van der Waals surface area contributed by atoms with Crippen molar-refractivity contribution in [2.75, 3.05) is 20.8 Å². The summed E-state index contributed by atoms with van der Waals surface area (Å²) in [5.41, 5.74) is 0.915. The van der Waals surface area contributed by atoms with Crippen molar-refractivity contribution in [1.29, 1.82) is 0 Å². The van der Waals surface area contributed by atoms with E-state index in [2.05, 4.69) is 10.1 Å². The number of ether oxygens (including phenoxy) is 3. The van der Waals surface area contributed by atoms with E-state index >= 15 is 0 Å². The van der Waals surface area contributed by atoms with Gasteiger partial charge in [-0.05, 0) is 25.1 Å². The molecule has 0 saturated carbocycles. The van der Waals surface area contributed by atoms with E-state index in [1.807, 2.05) is 18.2 Å². The first kappa shape index (κ1) is 20.0. The normalized spacial score (nSPS) is 11.2. The topological polar surface area (TPSA) is 90.9 Å². The maximum atomic E-state index is 12.2. The highest BCUT2D eigenvalue weighted by atomic mass is 16.5. The van der Waals surface area contributed by atoms with Gasteiger partial charge in [0, 0.05) is 5.56 Å². The maximum absolute atomic E-state index is 12.2. The Balaban J connectivity index is 1.98. The Kier molecular flexibility index (Phi) is 6.93. The monoisotopic (exact) mass is 371 g/mol. The van der Waals surface area contributed by atoms with Gasteiger partial charge in [0.1, 0.15) is 5.75 Å². The van der Waals surface area contributed by atoms with Gasteiger partial charge in [-0.15, -0.1) is 0 Å². The van der Waals surface area contributed by atoms with Gasteiger partial charge in [-0.2, -0.15) is 0 Å². The van der Waals surface area contributed by atoms with Crippen LogP contribution < -0.4 is 10.1 Å². The third kappa shape index (κ3) is 5.07. The number of esters is 2. The molecule has 1 amide bonds. The molecule has 7 heteroatoms. The van der Waals surface area contributed by atoms with Crippen molar-refractivity contribution >= 4 is 17.8 Å². The van der Waals surface area contributed by atoms with Gasteiger partial charge in [-0.1, -0.05) is 30.3 Å². The van der Waals surface area contributed by atoms with Crippen LogP contribution in [0.2, 0.25) is 0 Å². The molecule has 1 unspecified atom stereocenters. The summed E-state index contributed by atoms with van der Waals surface area (Å²) in [7, 11) is 2.77. The van der Waals surface area contributed by atoms with E-state index in [1.54, 1.807) is 32.2 Å². The van der Waals surface area contributed by atoms with E-state index < -0.39 is 24.5 Å². The van der Waals surface area contributed by atoms with Gasteiger partial charge in [-0.3, -0.25) is 4.79 Å². The third-order valence-corrected chi connectivity index (χ3v) is 3.87. The summed E-state index contributed by atoms with van der Waals surface area (Å²) in [6.07, 6.45) is 0. The van der Waals surface area contributed by atoms with Crippen LogP contribution in [0.3, 0.4) is 0 Å². The van der Waals surface area contributed by atoms with Gasteiger partial charge in [0.25, 0.3) is 5.91 Å². The number of benzene rings is 2. The molecule has 1 N–H and O–H groups in total. The summed E-state index contributed by atoms with van der Waals surface area (Å²) in [4.78, 5) is 36.1. The zero-order valence-corrected chi connectivity index (χ0v) is 15.4. The van der Waals surface area contributed by atoms with E-state index in [-0.39, 0.29) is 17.2 Å². The van der Waals surface area contributed by atoms with Crippen molar-refractivity contribution in [3.8, 4) is 5.75 Å². The van der Waals surface area contributed by atoms with E-state index in [1.165, 1.54) is 19.2 Å². The van der Waals surface area contributed by atoms with Crippen molar-refractivity contribution in [3.63, 3.8) is 0 Å². The number of carbonyl (C=O) groups is 3. The molecule has 0 aliphatic heterocycles. The number of carbonyl (C=O) groups excluding carboxylic acids is 3. The smallest absolute Gasteiger partial charge is 0.339 e. The fourth-order valence-corrected chi connectivity index (χ4v) is 2.54. The first-order valence-electron chi connectivity index (χ1n) is 8.24. The Morgan fingerprint density at radius 2 is 1.52 bits per heavy atom. The second kappa shape index (κ2) is 9.38. The molecule has 27 heavy (non-hydrogen) atoms. The summed E-state index contributed by atoms with van der Waals surface area (Å²) in [5.74, 6) is -1.26. The van der Waals surface area contributed by atoms with Crippen LogP contribution in [0.4, 0.5) is 0 Å². The fourth-order valence-electron chi connectivity index (χ4n) is 2.54. The predicted octanol–water partition coefficient (Wildman–Crippen LogP) is 2.52. The molecule has 2 aromatic carbocycles. The number of methoxy groups -OCH3 is 2. The first-order chi connectivity index (χ1) is 13.0. The van der Waals surface area contributed by atoms with Crippen molar-refractivity contribution in [1.82, 2.24) is 5.32 Å². The van der Waals surface area contributed by atoms with Crippen LogP contribution in [0.1, 0.15) is 39.2 Å². The van der Waals surface area contributed by atoms with Crippen LogP contribution in [-0.4, -0.2) is 38.7 Å². The Hall–Kier alpha value is -3.35. The van der Waals surface area contributed by atoms with Gasteiger partial charge in [0.05, 0.1) is 31.4 Å². The lowest BCUT2D eigenvalue weighted by Crippen LogP contribution is -2.31. The third-order valence-electron chi connectivity index (χ3n) is 3.87. The standard InChI is InChI=1S/C20H21NO6/c1-13(14-8-6-7-11-17(14)25-2)21-18(22)12-27-20(24)16-10-5-4-9-15(16)19(23)26-3/h4-11,13H,12H2,1-3H3,(H,21,22). The Morgan fingerprint density at radius 1 is 0.926 bits per heavy atom. The van der Waals surface area contributed by atoms with Crippen molar-refractivity contribution < 1.29 is 28.6 Å². The van der Waals surface area contributed by atoms with Gasteiger partial charge < -0.3 is 19.5 Å². The Bertz CT molecular complexity index is 833. The number of nitrogens with one attached hydrogen (secondary N) is 1. The highest BCUT2D eigenvalue weighted by Gasteiger charge is 2.20. The molecule has 0 bridgehead atoms. The van der Waals surface area contributed by atoms with Crippen LogP contribution >= 0.6 is 0 Å². The predicted molar refractivity (Wildman–Crippen MR) is 97.6 cm³/mol. The van der Waals surface area contributed by atoms with Gasteiger partial charge in [-0.25, -0.2) is 9.59 Å². The molecule has 0 aromatic heterocycles. The molecule has 0 aliphatic carbocycles. The van der Waals surface area contributed by atoms with E-state index in [9.17, 15) is 14.4 Å². The molecule has 2 aromatic rings. The number of para-hydroxylation sites is 1. The van der Waals surface area contributed by atoms with Crippen molar-refractivity contribution in [3.05, 3.63) is 65.2 Å². The second-order valence-electron chi connectivity index (χ2n) is 5.64. The molecular weight excluding hydrogens is 350 g/mol.